The third kappa shape index (κ3) is 4.18. The first kappa shape index (κ1) is 17.0. The minimum Gasteiger partial charge on any atom is -0.485 e. The summed E-state index contributed by atoms with van der Waals surface area (Å²) in [5.74, 6) is 0.877. The fourth-order valence-electron chi connectivity index (χ4n) is 2.46. The fourth-order valence-corrected chi connectivity index (χ4v) is 2.46. The van der Waals surface area contributed by atoms with Crippen molar-refractivity contribution in [3.8, 4) is 11.5 Å². The molecule has 0 radical (unpaired) electrons. The molecule has 5 heteroatoms. The number of para-hydroxylation sites is 2. The number of hydrogen-bond donors (Lipinski definition) is 1. The molecule has 1 amide bonds. The number of nitrogens with one attached hydrogen (secondary N) is 1. The topological polar surface area (TPSA) is 59.9 Å². The molecule has 0 aliphatic carbocycles. The average molecular weight is 338 g/mol. The van der Waals surface area contributed by atoms with Crippen molar-refractivity contribution in [2.45, 2.75) is 32.3 Å². The normalized spacial score (nSPS) is 16.7. The zero-order valence-corrected chi connectivity index (χ0v) is 14.7. The highest BCUT2D eigenvalue weighted by Crippen LogP contribution is 2.30. The highest BCUT2D eigenvalue weighted by molar-refractivity contribution is 5.85. The van der Waals surface area contributed by atoms with Gasteiger partial charge in [0.25, 0.3) is 5.91 Å². The number of hydrazone groups is 1. The first-order chi connectivity index (χ1) is 11.9. The van der Waals surface area contributed by atoms with Crippen molar-refractivity contribution >= 4 is 12.1 Å². The molecule has 0 aromatic heterocycles. The van der Waals surface area contributed by atoms with Crippen LogP contribution < -0.4 is 14.9 Å². The molecule has 1 N–H and O–H groups in total. The molecule has 3 rings (SSSR count). The predicted octanol–water partition coefficient (Wildman–Crippen LogP) is 3.27. The van der Waals surface area contributed by atoms with Gasteiger partial charge >= 0.3 is 0 Å². The van der Waals surface area contributed by atoms with Gasteiger partial charge < -0.3 is 9.47 Å². The van der Waals surface area contributed by atoms with E-state index in [0.717, 1.165) is 5.56 Å². The first-order valence-corrected chi connectivity index (χ1v) is 8.25. The number of ether oxygens (including phenoxy) is 2. The maximum absolute atomic E-state index is 12.2. The molecule has 1 atom stereocenters. The molecule has 1 aliphatic rings. The van der Waals surface area contributed by atoms with E-state index in [1.807, 2.05) is 30.3 Å². The molecule has 130 valence electrons. The number of hydrogen-bond acceptors (Lipinski definition) is 4. The minimum atomic E-state index is -0.713. The molecule has 1 aliphatic heterocycles. The summed E-state index contributed by atoms with van der Waals surface area (Å²) in [6.07, 6.45) is 0.900. The Kier molecular flexibility index (Phi) is 4.74. The van der Waals surface area contributed by atoms with E-state index in [-0.39, 0.29) is 17.9 Å². The van der Waals surface area contributed by atoms with Gasteiger partial charge in [-0.3, -0.25) is 4.79 Å². The van der Waals surface area contributed by atoms with Gasteiger partial charge in [0, 0.05) is 0 Å². The van der Waals surface area contributed by atoms with E-state index in [1.165, 1.54) is 5.56 Å². The van der Waals surface area contributed by atoms with Crippen molar-refractivity contribution in [3.63, 3.8) is 0 Å². The van der Waals surface area contributed by atoms with Crippen LogP contribution in [0.3, 0.4) is 0 Å². The second-order valence-electron chi connectivity index (χ2n) is 6.97. The Labute approximate surface area is 147 Å². The highest BCUT2D eigenvalue weighted by atomic mass is 16.6. The maximum atomic E-state index is 12.2. The highest BCUT2D eigenvalue weighted by Gasteiger charge is 2.26. The molecule has 0 saturated heterocycles. The first-order valence-electron chi connectivity index (χ1n) is 8.25. The monoisotopic (exact) mass is 338 g/mol. The van der Waals surface area contributed by atoms with Crippen molar-refractivity contribution in [1.82, 2.24) is 5.43 Å². The average Bonchev–Trinajstić information content (AvgIpc) is 2.61. The van der Waals surface area contributed by atoms with Gasteiger partial charge in [0.05, 0.1) is 6.21 Å². The lowest BCUT2D eigenvalue weighted by Crippen LogP contribution is -2.42. The van der Waals surface area contributed by atoms with Gasteiger partial charge in [-0.25, -0.2) is 5.43 Å². The van der Waals surface area contributed by atoms with Gasteiger partial charge in [0.2, 0.25) is 6.10 Å². The Morgan fingerprint density at radius 2 is 1.80 bits per heavy atom. The second kappa shape index (κ2) is 6.97. The summed E-state index contributed by atoms with van der Waals surface area (Å²) in [6, 6.07) is 15.4. The zero-order valence-electron chi connectivity index (χ0n) is 14.7. The Morgan fingerprint density at radius 3 is 2.48 bits per heavy atom. The summed E-state index contributed by atoms with van der Waals surface area (Å²) in [6.45, 7) is 6.67. The molecule has 0 bridgehead atoms. The lowest BCUT2D eigenvalue weighted by molar-refractivity contribution is -0.130. The van der Waals surface area contributed by atoms with Gasteiger partial charge in [-0.15, -0.1) is 0 Å². The molecular formula is C20H22N2O3. The largest absolute Gasteiger partial charge is 0.485 e. The van der Waals surface area contributed by atoms with Crippen molar-refractivity contribution in [2.75, 3.05) is 6.61 Å². The number of fused-ring (bicyclic) bond motifs is 1. The van der Waals surface area contributed by atoms with E-state index in [2.05, 4.69) is 43.4 Å². The van der Waals surface area contributed by atoms with Crippen molar-refractivity contribution < 1.29 is 14.3 Å². The molecule has 0 saturated carbocycles. The second-order valence-corrected chi connectivity index (χ2v) is 6.97. The van der Waals surface area contributed by atoms with Gasteiger partial charge in [0.15, 0.2) is 11.5 Å². The summed E-state index contributed by atoms with van der Waals surface area (Å²) in [5, 5.41) is 4.00. The number of carbonyl (C=O) groups excluding carboxylic acids is 1. The molecule has 5 nitrogen and oxygen atoms in total. The molecular weight excluding hydrogens is 316 g/mol. The van der Waals surface area contributed by atoms with Crippen LogP contribution >= 0.6 is 0 Å². The van der Waals surface area contributed by atoms with Crippen LogP contribution in [0.25, 0.3) is 0 Å². The molecule has 1 heterocycles. The number of nitrogens with zero attached hydrogens (tertiary/aromatic N) is 1. The van der Waals surface area contributed by atoms with Crippen LogP contribution in [0.15, 0.2) is 53.6 Å². The fraction of sp³-hybridized carbons (Fsp3) is 0.300. The van der Waals surface area contributed by atoms with E-state index >= 15 is 0 Å². The molecule has 0 spiro atoms. The van der Waals surface area contributed by atoms with E-state index in [4.69, 9.17) is 9.47 Å². The van der Waals surface area contributed by atoms with Gasteiger partial charge in [-0.05, 0) is 28.7 Å². The summed E-state index contributed by atoms with van der Waals surface area (Å²) in [7, 11) is 0. The van der Waals surface area contributed by atoms with Crippen LogP contribution in [0.4, 0.5) is 0 Å². The number of benzene rings is 2. The Balaban J connectivity index is 1.56. The van der Waals surface area contributed by atoms with E-state index in [9.17, 15) is 4.79 Å². The van der Waals surface area contributed by atoms with E-state index in [0.29, 0.717) is 11.5 Å². The quantitative estimate of drug-likeness (QED) is 0.690. The van der Waals surface area contributed by atoms with Gasteiger partial charge in [-0.1, -0.05) is 57.2 Å². The lowest BCUT2D eigenvalue weighted by atomic mass is 9.87. The van der Waals surface area contributed by atoms with Crippen molar-refractivity contribution in [2.24, 2.45) is 5.10 Å². The van der Waals surface area contributed by atoms with Crippen LogP contribution in [0.5, 0.6) is 11.5 Å². The third-order valence-corrected chi connectivity index (χ3v) is 3.97. The smallest absolute Gasteiger partial charge is 0.284 e. The van der Waals surface area contributed by atoms with Gasteiger partial charge in [-0.2, -0.15) is 5.10 Å². The van der Waals surface area contributed by atoms with E-state index in [1.54, 1.807) is 12.3 Å². The summed E-state index contributed by atoms with van der Waals surface area (Å²) < 4.78 is 11.2. The van der Waals surface area contributed by atoms with Crippen LogP contribution in [0.1, 0.15) is 31.9 Å². The SMILES string of the molecule is CC(C)(C)c1ccc(C=NNC(=O)[C@H]2COc3ccccc3O2)cc1. The lowest BCUT2D eigenvalue weighted by Gasteiger charge is -2.24. The number of rotatable bonds is 3. The number of amides is 1. The molecule has 25 heavy (non-hydrogen) atoms. The van der Waals surface area contributed by atoms with Gasteiger partial charge in [0.1, 0.15) is 6.61 Å². The van der Waals surface area contributed by atoms with Crippen molar-refractivity contribution in [3.05, 3.63) is 59.7 Å². The molecule has 0 fully saturated rings. The molecule has 2 aromatic carbocycles. The number of carbonyl (C=O) groups is 1. The van der Waals surface area contributed by atoms with Crippen molar-refractivity contribution in [1.29, 1.82) is 0 Å². The van der Waals surface area contributed by atoms with Crippen LogP contribution in [0.2, 0.25) is 0 Å². The molecule has 2 aromatic rings. The Hall–Kier alpha value is -2.82. The van der Waals surface area contributed by atoms with Crippen LogP contribution in [0, 0.1) is 0 Å². The Bertz CT molecular complexity index is 776. The molecule has 0 unspecified atom stereocenters. The van der Waals surface area contributed by atoms with Crippen LogP contribution in [-0.2, 0) is 10.2 Å². The van der Waals surface area contributed by atoms with E-state index < -0.39 is 6.10 Å². The summed E-state index contributed by atoms with van der Waals surface area (Å²) in [4.78, 5) is 12.2. The predicted molar refractivity (Wildman–Crippen MR) is 97.2 cm³/mol. The zero-order chi connectivity index (χ0) is 17.9. The Morgan fingerprint density at radius 1 is 1.12 bits per heavy atom. The summed E-state index contributed by atoms with van der Waals surface area (Å²) >= 11 is 0. The minimum absolute atomic E-state index is 0.110. The summed E-state index contributed by atoms with van der Waals surface area (Å²) in [5.41, 5.74) is 4.78. The standard InChI is InChI=1S/C20H22N2O3/c1-20(2,3)15-10-8-14(9-11-15)12-21-22-19(23)18-13-24-16-6-4-5-7-17(16)25-18/h4-12,18H,13H2,1-3H3,(H,22,23)/t18-/m1/s1. The third-order valence-electron chi connectivity index (χ3n) is 3.97. The maximum Gasteiger partial charge on any atom is 0.284 e. The van der Waals surface area contributed by atoms with Crippen LogP contribution in [-0.4, -0.2) is 24.8 Å².